The van der Waals surface area contributed by atoms with Crippen LogP contribution in [0, 0.1) is 0 Å². The van der Waals surface area contributed by atoms with Crippen LogP contribution in [-0.4, -0.2) is 19.0 Å². The molecule has 0 saturated heterocycles. The van der Waals surface area contributed by atoms with Crippen LogP contribution in [0.3, 0.4) is 0 Å². The molecule has 0 aromatic heterocycles. The summed E-state index contributed by atoms with van der Waals surface area (Å²) in [7, 11) is 0. The topological polar surface area (TPSA) is 35.2 Å². The van der Waals surface area contributed by atoms with Crippen LogP contribution in [0.15, 0.2) is 24.3 Å². The highest BCUT2D eigenvalue weighted by atomic mass is 19.4. The molecule has 0 aliphatic carbocycles. The van der Waals surface area contributed by atoms with Gasteiger partial charge in [0.05, 0.1) is 6.61 Å². The Labute approximate surface area is 105 Å². The van der Waals surface area contributed by atoms with E-state index in [-0.39, 0.29) is 6.61 Å². The van der Waals surface area contributed by atoms with Gasteiger partial charge in [-0.05, 0) is 17.5 Å². The van der Waals surface area contributed by atoms with Gasteiger partial charge < -0.3 is 4.84 Å². The van der Waals surface area contributed by atoms with Crippen molar-refractivity contribution in [3.05, 3.63) is 35.4 Å². The highest BCUT2D eigenvalue weighted by Crippen LogP contribution is 2.46. The predicted octanol–water partition coefficient (Wildman–Crippen LogP) is 3.33. The summed E-state index contributed by atoms with van der Waals surface area (Å²) in [5, 5.41) is 0. The van der Waals surface area contributed by atoms with Crippen LogP contribution in [0.1, 0.15) is 17.0 Å². The largest absolute Gasteiger partial charge is 0.404 e. The van der Waals surface area contributed by atoms with Gasteiger partial charge in [-0.15, -0.1) is 0 Å². The molecule has 0 fully saturated rings. The maximum Gasteiger partial charge on any atom is 0.404 e. The first kappa shape index (κ1) is 15.8. The molecular formula is C11H11F6NO. The van der Waals surface area contributed by atoms with E-state index in [1.165, 1.54) is 12.1 Å². The van der Waals surface area contributed by atoms with Crippen molar-refractivity contribution in [3.8, 4) is 0 Å². The van der Waals surface area contributed by atoms with Crippen molar-refractivity contribution >= 4 is 0 Å². The summed E-state index contributed by atoms with van der Waals surface area (Å²) in [6, 6.07) is 4.02. The van der Waals surface area contributed by atoms with Crippen molar-refractivity contribution in [2.24, 2.45) is 5.90 Å². The molecule has 0 heterocycles. The Morgan fingerprint density at radius 3 is 1.79 bits per heavy atom. The second-order valence-electron chi connectivity index (χ2n) is 3.88. The molecule has 0 amide bonds. The Balaban J connectivity index is 2.99. The molecule has 0 spiro atoms. The number of benzene rings is 1. The first-order valence-corrected chi connectivity index (χ1v) is 5.20. The van der Waals surface area contributed by atoms with Gasteiger partial charge in [-0.1, -0.05) is 24.3 Å². The zero-order valence-electron chi connectivity index (χ0n) is 9.55. The normalized spacial score (nSPS) is 13.1. The maximum absolute atomic E-state index is 12.4. The third kappa shape index (κ3) is 4.39. The number of hydrogen-bond donors (Lipinski definition) is 1. The van der Waals surface area contributed by atoms with Gasteiger partial charge in [-0.3, -0.25) is 0 Å². The number of alkyl halides is 6. The molecule has 2 nitrogen and oxygen atoms in total. The van der Waals surface area contributed by atoms with Crippen LogP contribution in [0.4, 0.5) is 26.3 Å². The van der Waals surface area contributed by atoms with Crippen molar-refractivity contribution in [2.45, 2.75) is 24.7 Å². The van der Waals surface area contributed by atoms with Crippen molar-refractivity contribution in [1.82, 2.24) is 0 Å². The van der Waals surface area contributed by atoms with E-state index < -0.39 is 23.8 Å². The second kappa shape index (κ2) is 5.79. The summed E-state index contributed by atoms with van der Waals surface area (Å²) in [5.41, 5.74) is -0.297. The van der Waals surface area contributed by atoms with Gasteiger partial charge in [-0.2, -0.15) is 26.3 Å². The molecule has 0 saturated carbocycles. The summed E-state index contributed by atoms with van der Waals surface area (Å²) in [6.45, 7) is 0.126. The van der Waals surface area contributed by atoms with E-state index in [4.69, 9.17) is 5.90 Å². The summed E-state index contributed by atoms with van der Waals surface area (Å²) in [6.07, 6.45) is -10.4. The minimum absolute atomic E-state index is 0.126. The molecule has 0 aliphatic rings. The van der Waals surface area contributed by atoms with Crippen molar-refractivity contribution in [3.63, 3.8) is 0 Å². The lowest BCUT2D eigenvalue weighted by Gasteiger charge is -2.23. The Bertz CT molecular complexity index is 383. The third-order valence-electron chi connectivity index (χ3n) is 2.48. The van der Waals surface area contributed by atoms with E-state index in [0.29, 0.717) is 12.0 Å². The molecule has 0 atom stereocenters. The Morgan fingerprint density at radius 2 is 1.42 bits per heavy atom. The van der Waals surface area contributed by atoms with E-state index in [2.05, 4.69) is 4.84 Å². The molecule has 1 aromatic rings. The van der Waals surface area contributed by atoms with Crippen molar-refractivity contribution in [1.29, 1.82) is 0 Å². The lowest BCUT2D eigenvalue weighted by molar-refractivity contribution is -0.253. The lowest BCUT2D eigenvalue weighted by atomic mass is 9.96. The molecule has 0 bridgehead atoms. The first-order chi connectivity index (χ1) is 8.66. The molecule has 108 valence electrons. The standard InChI is InChI=1S/C11H11F6NO/c12-10(13,14)9(11(15,16)17)8-3-1-7(2-4-8)5-6-19-18/h1-4,9H,5-6,18H2. The van der Waals surface area contributed by atoms with Gasteiger partial charge in [0.15, 0.2) is 5.92 Å². The third-order valence-corrected chi connectivity index (χ3v) is 2.48. The molecule has 0 unspecified atom stereocenters. The minimum atomic E-state index is -5.37. The van der Waals surface area contributed by atoms with E-state index in [9.17, 15) is 26.3 Å². The van der Waals surface area contributed by atoms with Crippen molar-refractivity contribution < 1.29 is 31.2 Å². The molecule has 1 rings (SSSR count). The fourth-order valence-electron chi connectivity index (χ4n) is 1.62. The number of halogens is 6. The van der Waals surface area contributed by atoms with E-state index in [0.717, 1.165) is 12.1 Å². The maximum atomic E-state index is 12.4. The first-order valence-electron chi connectivity index (χ1n) is 5.20. The summed E-state index contributed by atoms with van der Waals surface area (Å²) in [5.74, 6) is 1.30. The van der Waals surface area contributed by atoms with Gasteiger partial charge >= 0.3 is 12.4 Å². The number of nitrogens with two attached hydrogens (primary N) is 1. The molecule has 0 aliphatic heterocycles. The number of rotatable bonds is 4. The predicted molar refractivity (Wildman–Crippen MR) is 55.1 cm³/mol. The lowest BCUT2D eigenvalue weighted by Crippen LogP contribution is -2.34. The monoisotopic (exact) mass is 287 g/mol. The fourth-order valence-corrected chi connectivity index (χ4v) is 1.62. The second-order valence-corrected chi connectivity index (χ2v) is 3.88. The van der Waals surface area contributed by atoms with Crippen LogP contribution >= 0.6 is 0 Å². The highest BCUT2D eigenvalue weighted by molar-refractivity contribution is 5.27. The summed E-state index contributed by atoms with van der Waals surface area (Å²) in [4.78, 5) is 4.27. The van der Waals surface area contributed by atoms with Crippen LogP contribution in [0.5, 0.6) is 0 Å². The van der Waals surface area contributed by atoms with Gasteiger partial charge in [0.1, 0.15) is 0 Å². The molecule has 19 heavy (non-hydrogen) atoms. The Kier molecular flexibility index (Phi) is 4.81. The Morgan fingerprint density at radius 1 is 0.947 bits per heavy atom. The molecule has 2 N–H and O–H groups in total. The average molecular weight is 287 g/mol. The van der Waals surface area contributed by atoms with E-state index in [1.807, 2.05) is 0 Å². The van der Waals surface area contributed by atoms with Crippen molar-refractivity contribution in [2.75, 3.05) is 6.61 Å². The van der Waals surface area contributed by atoms with Crippen LogP contribution in [0.25, 0.3) is 0 Å². The summed E-state index contributed by atoms with van der Waals surface area (Å²) >= 11 is 0. The molecular weight excluding hydrogens is 276 g/mol. The van der Waals surface area contributed by atoms with Crippen LogP contribution in [0.2, 0.25) is 0 Å². The summed E-state index contributed by atoms with van der Waals surface area (Å²) < 4.78 is 74.7. The van der Waals surface area contributed by atoms with Gasteiger partial charge in [0.25, 0.3) is 0 Å². The van der Waals surface area contributed by atoms with E-state index >= 15 is 0 Å². The quantitative estimate of drug-likeness (QED) is 0.681. The smallest absolute Gasteiger partial charge is 0.304 e. The van der Waals surface area contributed by atoms with Gasteiger partial charge in [0, 0.05) is 0 Å². The highest BCUT2D eigenvalue weighted by Gasteiger charge is 2.57. The fraction of sp³-hybridized carbons (Fsp3) is 0.455. The zero-order chi connectivity index (χ0) is 14.7. The minimum Gasteiger partial charge on any atom is -0.304 e. The number of hydrogen-bond acceptors (Lipinski definition) is 2. The zero-order valence-corrected chi connectivity index (χ0v) is 9.55. The van der Waals surface area contributed by atoms with E-state index in [1.54, 1.807) is 0 Å². The van der Waals surface area contributed by atoms with Gasteiger partial charge in [-0.25, -0.2) is 5.90 Å². The SMILES string of the molecule is NOCCc1ccc(C(C(F)(F)F)C(F)(F)F)cc1. The van der Waals surface area contributed by atoms with Gasteiger partial charge in [0.2, 0.25) is 0 Å². The van der Waals surface area contributed by atoms with Crippen LogP contribution < -0.4 is 5.90 Å². The van der Waals surface area contributed by atoms with Crippen LogP contribution in [-0.2, 0) is 11.3 Å². The Hall–Kier alpha value is -1.28. The average Bonchev–Trinajstić information content (AvgIpc) is 2.24. The molecule has 0 radical (unpaired) electrons. The molecule has 8 heteroatoms. The molecule has 1 aromatic carbocycles.